The van der Waals surface area contributed by atoms with E-state index in [1.807, 2.05) is 6.92 Å². The van der Waals surface area contributed by atoms with Crippen molar-refractivity contribution in [3.63, 3.8) is 0 Å². The number of halogens is 1. The van der Waals surface area contributed by atoms with Crippen LogP contribution in [0.25, 0.3) is 0 Å². The van der Waals surface area contributed by atoms with Crippen molar-refractivity contribution < 1.29 is 19.1 Å². The third-order valence-electron chi connectivity index (χ3n) is 3.02. The molecule has 0 aromatic heterocycles. The van der Waals surface area contributed by atoms with Gasteiger partial charge in [0.2, 0.25) is 0 Å². The summed E-state index contributed by atoms with van der Waals surface area (Å²) in [5.74, 6) is -0.469. The van der Waals surface area contributed by atoms with Crippen molar-refractivity contribution >= 4 is 34.9 Å². The Morgan fingerprint density at radius 2 is 1.88 bits per heavy atom. The fraction of sp³-hybridized carbons (Fsp3) is 0.176. The van der Waals surface area contributed by atoms with Crippen LogP contribution in [0, 0.1) is 0 Å². The average molecular weight is 349 g/mol. The highest BCUT2D eigenvalue weighted by Crippen LogP contribution is 2.19. The molecule has 126 valence electrons. The van der Waals surface area contributed by atoms with Gasteiger partial charge in [0, 0.05) is 16.4 Å². The monoisotopic (exact) mass is 348 g/mol. The normalized spacial score (nSPS) is 10.1. The van der Waals surface area contributed by atoms with E-state index >= 15 is 0 Å². The smallest absolute Gasteiger partial charge is 0.340 e. The Balaban J connectivity index is 1.88. The predicted molar refractivity (Wildman–Crippen MR) is 92.4 cm³/mol. The van der Waals surface area contributed by atoms with Crippen molar-refractivity contribution in [3.8, 4) is 5.75 Å². The fourth-order valence-corrected chi connectivity index (χ4v) is 2.08. The average Bonchev–Trinajstić information content (AvgIpc) is 2.57. The van der Waals surface area contributed by atoms with Gasteiger partial charge in [0.1, 0.15) is 5.75 Å². The minimum absolute atomic E-state index is 0.122. The summed E-state index contributed by atoms with van der Waals surface area (Å²) in [7, 11) is 0. The molecule has 2 rings (SSSR count). The van der Waals surface area contributed by atoms with Gasteiger partial charge >= 0.3 is 5.97 Å². The molecule has 0 aliphatic heterocycles. The fourth-order valence-electron chi connectivity index (χ4n) is 1.91. The van der Waals surface area contributed by atoms with Crippen molar-refractivity contribution in [1.29, 1.82) is 0 Å². The molecule has 0 bridgehead atoms. The molecule has 3 N–H and O–H groups in total. The Morgan fingerprint density at radius 3 is 2.54 bits per heavy atom. The second-order valence-corrected chi connectivity index (χ2v) is 5.25. The quantitative estimate of drug-likeness (QED) is 0.618. The summed E-state index contributed by atoms with van der Waals surface area (Å²) >= 11 is 5.81. The highest BCUT2D eigenvalue weighted by Gasteiger charge is 2.14. The Bertz CT molecular complexity index is 732. The second kappa shape index (κ2) is 8.21. The van der Waals surface area contributed by atoms with Crippen LogP contribution in [-0.2, 0) is 9.53 Å². The predicted octanol–water partition coefficient (Wildman–Crippen LogP) is 3.12. The molecule has 6 nitrogen and oxygen atoms in total. The summed E-state index contributed by atoms with van der Waals surface area (Å²) in [6, 6.07) is 11.3. The van der Waals surface area contributed by atoms with Crippen LogP contribution in [0.15, 0.2) is 42.5 Å². The number of carbonyl (C=O) groups excluding carboxylic acids is 2. The molecule has 0 saturated carbocycles. The van der Waals surface area contributed by atoms with Gasteiger partial charge in [-0.05, 0) is 49.4 Å². The minimum Gasteiger partial charge on any atom is -0.494 e. The van der Waals surface area contributed by atoms with E-state index in [-0.39, 0.29) is 11.3 Å². The van der Waals surface area contributed by atoms with Crippen LogP contribution in [0.5, 0.6) is 5.75 Å². The molecule has 2 aromatic rings. The highest BCUT2D eigenvalue weighted by atomic mass is 35.5. The largest absolute Gasteiger partial charge is 0.494 e. The summed E-state index contributed by atoms with van der Waals surface area (Å²) in [5, 5.41) is 2.97. The Hall–Kier alpha value is -2.73. The van der Waals surface area contributed by atoms with E-state index in [9.17, 15) is 9.59 Å². The summed E-state index contributed by atoms with van der Waals surface area (Å²) in [6.45, 7) is 2.02. The number of ether oxygens (including phenoxy) is 2. The number of hydrogen-bond acceptors (Lipinski definition) is 5. The van der Waals surface area contributed by atoms with Crippen LogP contribution < -0.4 is 15.8 Å². The Labute approximate surface area is 144 Å². The topological polar surface area (TPSA) is 90.6 Å². The van der Waals surface area contributed by atoms with Crippen LogP contribution >= 0.6 is 11.6 Å². The lowest BCUT2D eigenvalue weighted by molar-refractivity contribution is -0.119. The van der Waals surface area contributed by atoms with Gasteiger partial charge in [-0.1, -0.05) is 11.6 Å². The van der Waals surface area contributed by atoms with Gasteiger partial charge in [-0.25, -0.2) is 4.79 Å². The maximum Gasteiger partial charge on any atom is 0.340 e. The van der Waals surface area contributed by atoms with Crippen molar-refractivity contribution in [2.24, 2.45) is 0 Å². The molecular weight excluding hydrogens is 332 g/mol. The van der Waals surface area contributed by atoms with Gasteiger partial charge in [-0.3, -0.25) is 4.79 Å². The molecule has 0 atom stereocenters. The molecule has 0 fully saturated rings. The summed E-state index contributed by atoms with van der Waals surface area (Å²) in [5.41, 5.74) is 6.61. The molecule has 0 aliphatic carbocycles. The number of amides is 1. The van der Waals surface area contributed by atoms with Crippen molar-refractivity contribution in [1.82, 2.24) is 0 Å². The first-order chi connectivity index (χ1) is 11.5. The zero-order valence-corrected chi connectivity index (χ0v) is 13.8. The number of nitrogens with one attached hydrogen (secondary N) is 1. The Morgan fingerprint density at radius 1 is 1.17 bits per heavy atom. The van der Waals surface area contributed by atoms with E-state index in [0.717, 1.165) is 0 Å². The molecule has 1 amide bonds. The number of benzene rings is 2. The van der Waals surface area contributed by atoms with E-state index in [2.05, 4.69) is 5.32 Å². The summed E-state index contributed by atoms with van der Waals surface area (Å²) in [4.78, 5) is 23.8. The second-order valence-electron chi connectivity index (χ2n) is 4.81. The summed E-state index contributed by atoms with van der Waals surface area (Å²) < 4.78 is 10.3. The van der Waals surface area contributed by atoms with Crippen molar-refractivity contribution in [2.75, 3.05) is 24.3 Å². The van der Waals surface area contributed by atoms with Crippen LogP contribution in [0.3, 0.4) is 0 Å². The molecule has 0 aliphatic rings. The molecule has 0 heterocycles. The molecule has 7 heteroatoms. The van der Waals surface area contributed by atoms with Crippen LogP contribution in [0.4, 0.5) is 11.4 Å². The van der Waals surface area contributed by atoms with E-state index in [1.54, 1.807) is 30.3 Å². The number of anilines is 2. The first-order valence-electron chi connectivity index (χ1n) is 7.24. The molecule has 0 radical (unpaired) electrons. The molecule has 2 aromatic carbocycles. The van der Waals surface area contributed by atoms with Crippen LogP contribution in [0.2, 0.25) is 5.02 Å². The minimum atomic E-state index is -0.711. The SMILES string of the molecule is CCOc1ccc(NC(=O)COC(=O)c2cc(Cl)ccc2N)cc1. The van der Waals surface area contributed by atoms with E-state index in [1.165, 1.54) is 12.1 Å². The lowest BCUT2D eigenvalue weighted by Gasteiger charge is -2.09. The van der Waals surface area contributed by atoms with E-state index in [0.29, 0.717) is 23.1 Å². The van der Waals surface area contributed by atoms with Gasteiger partial charge in [0.15, 0.2) is 6.61 Å². The van der Waals surface area contributed by atoms with E-state index in [4.69, 9.17) is 26.8 Å². The highest BCUT2D eigenvalue weighted by molar-refractivity contribution is 6.31. The number of hydrogen-bond donors (Lipinski definition) is 2. The first-order valence-corrected chi connectivity index (χ1v) is 7.62. The van der Waals surface area contributed by atoms with E-state index < -0.39 is 18.5 Å². The maximum atomic E-state index is 11.9. The number of carbonyl (C=O) groups is 2. The lowest BCUT2D eigenvalue weighted by Crippen LogP contribution is -2.21. The molecule has 0 saturated heterocycles. The van der Waals surface area contributed by atoms with Gasteiger partial charge in [0.05, 0.1) is 12.2 Å². The van der Waals surface area contributed by atoms with Gasteiger partial charge in [-0.2, -0.15) is 0 Å². The molecule has 0 spiro atoms. The summed E-state index contributed by atoms with van der Waals surface area (Å²) in [6.07, 6.45) is 0. The van der Waals surface area contributed by atoms with Crippen LogP contribution in [-0.4, -0.2) is 25.1 Å². The standard InChI is InChI=1S/C17H17ClN2O4/c1-2-23-13-6-4-12(5-7-13)20-16(21)10-24-17(22)14-9-11(18)3-8-15(14)19/h3-9H,2,10,19H2,1H3,(H,20,21). The molecule has 0 unspecified atom stereocenters. The number of rotatable bonds is 6. The number of nitrogen functional groups attached to an aromatic ring is 1. The van der Waals surface area contributed by atoms with Crippen LogP contribution in [0.1, 0.15) is 17.3 Å². The third-order valence-corrected chi connectivity index (χ3v) is 3.25. The lowest BCUT2D eigenvalue weighted by atomic mass is 10.2. The van der Waals surface area contributed by atoms with Gasteiger partial charge < -0.3 is 20.5 Å². The maximum absolute atomic E-state index is 11.9. The van der Waals surface area contributed by atoms with Crippen molar-refractivity contribution in [3.05, 3.63) is 53.1 Å². The van der Waals surface area contributed by atoms with Crippen molar-refractivity contribution in [2.45, 2.75) is 6.92 Å². The molecular formula is C17H17ClN2O4. The Kier molecular flexibility index (Phi) is 6.03. The molecule has 24 heavy (non-hydrogen) atoms. The number of nitrogens with two attached hydrogens (primary N) is 1. The third kappa shape index (κ3) is 4.89. The first kappa shape index (κ1) is 17.6. The zero-order chi connectivity index (χ0) is 17.5. The van der Waals surface area contributed by atoms with Gasteiger partial charge in [-0.15, -0.1) is 0 Å². The number of esters is 1. The zero-order valence-electron chi connectivity index (χ0n) is 13.0. The van der Waals surface area contributed by atoms with Gasteiger partial charge in [0.25, 0.3) is 5.91 Å².